The van der Waals surface area contributed by atoms with Gasteiger partial charge in [-0.2, -0.15) is 0 Å². The second-order valence-electron chi connectivity index (χ2n) is 5.51. The summed E-state index contributed by atoms with van der Waals surface area (Å²) in [6.07, 6.45) is 0. The summed E-state index contributed by atoms with van der Waals surface area (Å²) in [5, 5.41) is 3.53. The normalized spacial score (nSPS) is 12.0. The van der Waals surface area contributed by atoms with Crippen molar-refractivity contribution >= 4 is 16.9 Å². The minimum atomic E-state index is -0.617. The standard InChI is InChI=1S/C19H17NO3/c1-13(14-7-3-2-4-8-14)12-20-18(21)16-11-15-9-5-6-10-17(15)23-19(16)22/h2-11,13H,12H2,1H3,(H,20,21)/t13-/m1/s1. The van der Waals surface area contributed by atoms with Crippen LogP contribution in [0.25, 0.3) is 11.0 Å². The number of benzene rings is 2. The van der Waals surface area contributed by atoms with Crippen molar-refractivity contribution in [1.29, 1.82) is 0 Å². The maximum absolute atomic E-state index is 12.3. The third-order valence-electron chi connectivity index (χ3n) is 3.82. The lowest BCUT2D eigenvalue weighted by atomic mass is 10.0. The lowest BCUT2D eigenvalue weighted by Crippen LogP contribution is -2.31. The van der Waals surface area contributed by atoms with Crippen molar-refractivity contribution in [3.05, 3.63) is 82.2 Å². The average molecular weight is 307 g/mol. The summed E-state index contributed by atoms with van der Waals surface area (Å²) in [4.78, 5) is 24.2. The Labute approximate surface area is 133 Å². The molecule has 1 N–H and O–H groups in total. The van der Waals surface area contributed by atoms with Crippen LogP contribution in [0.2, 0.25) is 0 Å². The Bertz CT molecular complexity index is 884. The number of carbonyl (C=O) groups is 1. The van der Waals surface area contributed by atoms with Crippen LogP contribution >= 0.6 is 0 Å². The molecule has 0 fully saturated rings. The van der Waals surface area contributed by atoms with E-state index in [1.54, 1.807) is 18.2 Å². The number of fused-ring (bicyclic) bond motifs is 1. The Balaban J connectivity index is 1.76. The molecule has 0 unspecified atom stereocenters. The Hall–Kier alpha value is -2.88. The first-order valence-corrected chi connectivity index (χ1v) is 7.51. The van der Waals surface area contributed by atoms with Crippen LogP contribution in [0.4, 0.5) is 0 Å². The van der Waals surface area contributed by atoms with Crippen LogP contribution < -0.4 is 10.9 Å². The number of amides is 1. The molecule has 116 valence electrons. The number of para-hydroxylation sites is 1. The van der Waals surface area contributed by atoms with E-state index in [4.69, 9.17) is 4.42 Å². The molecule has 0 saturated heterocycles. The first-order valence-electron chi connectivity index (χ1n) is 7.51. The van der Waals surface area contributed by atoms with Gasteiger partial charge < -0.3 is 9.73 Å². The van der Waals surface area contributed by atoms with E-state index in [1.165, 1.54) is 0 Å². The molecular formula is C19H17NO3. The van der Waals surface area contributed by atoms with Crippen molar-refractivity contribution in [2.24, 2.45) is 0 Å². The van der Waals surface area contributed by atoms with Gasteiger partial charge in [-0.3, -0.25) is 4.79 Å². The second kappa shape index (κ2) is 6.48. The van der Waals surface area contributed by atoms with Crippen molar-refractivity contribution in [1.82, 2.24) is 5.32 Å². The molecule has 0 radical (unpaired) electrons. The van der Waals surface area contributed by atoms with Gasteiger partial charge in [0.15, 0.2) is 0 Å². The summed E-state index contributed by atoms with van der Waals surface area (Å²) in [5.41, 5.74) is 1.03. The second-order valence-corrected chi connectivity index (χ2v) is 5.51. The van der Waals surface area contributed by atoms with Crippen molar-refractivity contribution in [3.63, 3.8) is 0 Å². The summed E-state index contributed by atoms with van der Waals surface area (Å²) in [7, 11) is 0. The molecule has 0 bridgehead atoms. The van der Waals surface area contributed by atoms with Gasteiger partial charge in [-0.15, -0.1) is 0 Å². The van der Waals surface area contributed by atoms with Gasteiger partial charge >= 0.3 is 5.63 Å². The van der Waals surface area contributed by atoms with Crippen molar-refractivity contribution in [2.45, 2.75) is 12.8 Å². The van der Waals surface area contributed by atoms with Crippen LogP contribution in [0.1, 0.15) is 28.8 Å². The molecule has 3 rings (SSSR count). The van der Waals surface area contributed by atoms with Crippen molar-refractivity contribution in [2.75, 3.05) is 6.54 Å². The fourth-order valence-electron chi connectivity index (χ4n) is 2.46. The topological polar surface area (TPSA) is 59.3 Å². The highest BCUT2D eigenvalue weighted by Crippen LogP contribution is 2.14. The van der Waals surface area contributed by atoms with E-state index < -0.39 is 11.5 Å². The minimum Gasteiger partial charge on any atom is -0.422 e. The molecule has 0 saturated carbocycles. The summed E-state index contributed by atoms with van der Waals surface area (Å²) >= 11 is 0. The maximum Gasteiger partial charge on any atom is 0.349 e. The molecule has 23 heavy (non-hydrogen) atoms. The highest BCUT2D eigenvalue weighted by molar-refractivity contribution is 5.96. The number of hydrogen-bond acceptors (Lipinski definition) is 3. The van der Waals surface area contributed by atoms with E-state index in [-0.39, 0.29) is 11.5 Å². The summed E-state index contributed by atoms with van der Waals surface area (Å²) < 4.78 is 5.19. The number of nitrogens with one attached hydrogen (secondary N) is 1. The van der Waals surface area contributed by atoms with E-state index in [1.807, 2.05) is 49.4 Å². The smallest absolute Gasteiger partial charge is 0.349 e. The monoisotopic (exact) mass is 307 g/mol. The van der Waals surface area contributed by atoms with Gasteiger partial charge in [-0.25, -0.2) is 4.79 Å². The summed E-state index contributed by atoms with van der Waals surface area (Å²) in [6.45, 7) is 2.48. The largest absolute Gasteiger partial charge is 0.422 e. The molecule has 0 spiro atoms. The number of hydrogen-bond donors (Lipinski definition) is 1. The zero-order chi connectivity index (χ0) is 16.2. The van der Waals surface area contributed by atoms with Crippen LogP contribution in [0, 0.1) is 0 Å². The van der Waals surface area contributed by atoms with Crippen LogP contribution in [0.15, 0.2) is 69.9 Å². The minimum absolute atomic E-state index is 0.0314. The fourth-order valence-corrected chi connectivity index (χ4v) is 2.46. The van der Waals surface area contributed by atoms with Crippen LogP contribution in [-0.4, -0.2) is 12.5 Å². The van der Waals surface area contributed by atoms with Crippen LogP contribution in [-0.2, 0) is 0 Å². The quantitative estimate of drug-likeness (QED) is 0.752. The Morgan fingerprint density at radius 2 is 1.78 bits per heavy atom. The molecule has 1 atom stereocenters. The number of rotatable bonds is 4. The van der Waals surface area contributed by atoms with E-state index in [0.29, 0.717) is 12.1 Å². The highest BCUT2D eigenvalue weighted by atomic mass is 16.4. The van der Waals surface area contributed by atoms with E-state index in [2.05, 4.69) is 5.32 Å². The molecule has 0 aliphatic heterocycles. The Kier molecular flexibility index (Phi) is 4.24. The van der Waals surface area contributed by atoms with E-state index in [9.17, 15) is 9.59 Å². The van der Waals surface area contributed by atoms with Crippen molar-refractivity contribution in [3.8, 4) is 0 Å². The first-order chi connectivity index (χ1) is 11.1. The van der Waals surface area contributed by atoms with Crippen LogP contribution in [0.3, 0.4) is 0 Å². The van der Waals surface area contributed by atoms with Gasteiger partial charge in [-0.1, -0.05) is 55.5 Å². The predicted octanol–water partition coefficient (Wildman–Crippen LogP) is 3.33. The predicted molar refractivity (Wildman–Crippen MR) is 89.7 cm³/mol. The van der Waals surface area contributed by atoms with Gasteiger partial charge in [0.1, 0.15) is 11.1 Å². The Morgan fingerprint density at radius 1 is 1.09 bits per heavy atom. The molecule has 2 aromatic carbocycles. The zero-order valence-electron chi connectivity index (χ0n) is 12.8. The Morgan fingerprint density at radius 3 is 2.57 bits per heavy atom. The fraction of sp³-hybridized carbons (Fsp3) is 0.158. The van der Waals surface area contributed by atoms with Crippen LogP contribution in [0.5, 0.6) is 0 Å². The third-order valence-corrected chi connectivity index (χ3v) is 3.82. The van der Waals surface area contributed by atoms with E-state index >= 15 is 0 Å². The molecular weight excluding hydrogens is 290 g/mol. The summed E-state index contributed by atoms with van der Waals surface area (Å²) in [5.74, 6) is -0.250. The summed E-state index contributed by atoms with van der Waals surface area (Å²) in [6, 6.07) is 18.6. The molecule has 1 heterocycles. The van der Waals surface area contributed by atoms with Gasteiger partial charge in [0.25, 0.3) is 5.91 Å². The third kappa shape index (κ3) is 3.31. The molecule has 1 amide bonds. The molecule has 4 heteroatoms. The molecule has 0 aliphatic rings. The lowest BCUT2D eigenvalue weighted by molar-refractivity contribution is 0.0948. The van der Waals surface area contributed by atoms with Gasteiger partial charge in [0, 0.05) is 11.9 Å². The zero-order valence-corrected chi connectivity index (χ0v) is 12.8. The molecule has 0 aliphatic carbocycles. The van der Waals surface area contributed by atoms with Gasteiger partial charge in [0.2, 0.25) is 0 Å². The highest BCUT2D eigenvalue weighted by Gasteiger charge is 2.14. The van der Waals surface area contributed by atoms with E-state index in [0.717, 1.165) is 10.9 Å². The van der Waals surface area contributed by atoms with Crippen molar-refractivity contribution < 1.29 is 9.21 Å². The molecule has 4 nitrogen and oxygen atoms in total. The molecule has 3 aromatic rings. The number of carbonyl (C=O) groups excluding carboxylic acids is 1. The molecule has 1 aromatic heterocycles. The van der Waals surface area contributed by atoms with Gasteiger partial charge in [0.05, 0.1) is 0 Å². The van der Waals surface area contributed by atoms with Gasteiger partial charge in [-0.05, 0) is 23.6 Å². The maximum atomic E-state index is 12.3. The SMILES string of the molecule is C[C@H](CNC(=O)c1cc2ccccc2oc1=O)c1ccccc1. The lowest BCUT2D eigenvalue weighted by Gasteiger charge is -2.12. The first kappa shape index (κ1) is 15.0. The average Bonchev–Trinajstić information content (AvgIpc) is 2.59.